The topological polar surface area (TPSA) is 72.9 Å². The van der Waals surface area contributed by atoms with Crippen molar-refractivity contribution in [1.82, 2.24) is 15.1 Å². The molecule has 1 atom stereocenters. The third-order valence-corrected chi connectivity index (χ3v) is 2.84. The Morgan fingerprint density at radius 3 is 2.88 bits per heavy atom. The molecule has 1 aliphatic heterocycles. The minimum atomic E-state index is -0.843. The molecule has 1 heterocycles. The van der Waals surface area contributed by atoms with Gasteiger partial charge in [0.25, 0.3) is 0 Å². The van der Waals surface area contributed by atoms with Gasteiger partial charge in [-0.25, -0.2) is 0 Å². The van der Waals surface area contributed by atoms with E-state index in [2.05, 4.69) is 10.2 Å². The number of hydrogen-bond donors (Lipinski definition) is 2. The third-order valence-electron chi connectivity index (χ3n) is 2.84. The molecule has 98 valence electrons. The fraction of sp³-hybridized carbons (Fsp3) is 0.818. The van der Waals surface area contributed by atoms with E-state index >= 15 is 0 Å². The van der Waals surface area contributed by atoms with E-state index in [4.69, 9.17) is 5.11 Å². The van der Waals surface area contributed by atoms with Crippen molar-refractivity contribution in [2.75, 3.05) is 46.8 Å². The number of nitrogens with one attached hydrogen (secondary N) is 1. The molecule has 0 aromatic rings. The van der Waals surface area contributed by atoms with Crippen molar-refractivity contribution in [2.45, 2.75) is 6.42 Å². The molecule has 6 heteroatoms. The van der Waals surface area contributed by atoms with Crippen molar-refractivity contribution < 1.29 is 14.7 Å². The number of carbonyl (C=O) groups excluding carboxylic acids is 1. The molecule has 0 saturated carbocycles. The molecule has 0 radical (unpaired) electrons. The minimum Gasteiger partial charge on any atom is -0.481 e. The van der Waals surface area contributed by atoms with Crippen LogP contribution in [0.5, 0.6) is 0 Å². The highest BCUT2D eigenvalue weighted by atomic mass is 16.4. The third kappa shape index (κ3) is 4.70. The second-order valence-corrected chi connectivity index (χ2v) is 4.66. The maximum atomic E-state index is 11.7. The maximum absolute atomic E-state index is 11.7. The zero-order chi connectivity index (χ0) is 12.8. The first-order valence-electron chi connectivity index (χ1n) is 5.86. The van der Waals surface area contributed by atoms with Gasteiger partial charge in [0, 0.05) is 19.6 Å². The van der Waals surface area contributed by atoms with Crippen LogP contribution in [0.1, 0.15) is 6.42 Å². The van der Waals surface area contributed by atoms with Crippen molar-refractivity contribution in [2.24, 2.45) is 5.92 Å². The summed E-state index contributed by atoms with van der Waals surface area (Å²) < 4.78 is 0. The van der Waals surface area contributed by atoms with Crippen LogP contribution in [0.25, 0.3) is 0 Å². The standard InChI is InChI=1S/C11H21N3O3/c1-13(2)4-3-5-14-8-9(11(16)17)6-12-7-10(14)15/h9,12H,3-8H2,1-2H3,(H,16,17). The van der Waals surface area contributed by atoms with Crippen molar-refractivity contribution in [3.8, 4) is 0 Å². The van der Waals surface area contributed by atoms with E-state index in [-0.39, 0.29) is 12.5 Å². The van der Waals surface area contributed by atoms with Crippen molar-refractivity contribution in [3.05, 3.63) is 0 Å². The zero-order valence-electron chi connectivity index (χ0n) is 10.5. The molecule has 1 aliphatic rings. The highest BCUT2D eigenvalue weighted by Crippen LogP contribution is 2.06. The lowest BCUT2D eigenvalue weighted by atomic mass is 10.1. The highest BCUT2D eigenvalue weighted by molar-refractivity contribution is 5.80. The number of carboxylic acid groups (broad SMARTS) is 1. The van der Waals surface area contributed by atoms with E-state index in [0.29, 0.717) is 19.6 Å². The summed E-state index contributed by atoms with van der Waals surface area (Å²) >= 11 is 0. The molecule has 17 heavy (non-hydrogen) atoms. The van der Waals surface area contributed by atoms with Crippen LogP contribution in [-0.4, -0.2) is 73.6 Å². The largest absolute Gasteiger partial charge is 0.481 e. The molecule has 2 N–H and O–H groups in total. The molecule has 0 bridgehead atoms. The molecule has 0 aromatic heterocycles. The van der Waals surface area contributed by atoms with Gasteiger partial charge in [0.05, 0.1) is 12.5 Å². The Morgan fingerprint density at radius 1 is 1.59 bits per heavy atom. The zero-order valence-corrected chi connectivity index (χ0v) is 10.5. The van der Waals surface area contributed by atoms with Crippen LogP contribution in [0.3, 0.4) is 0 Å². The Hall–Kier alpha value is -1.14. The fourth-order valence-electron chi connectivity index (χ4n) is 1.86. The summed E-state index contributed by atoms with van der Waals surface area (Å²) in [5, 5.41) is 11.9. The number of carboxylic acids is 1. The van der Waals surface area contributed by atoms with Gasteiger partial charge in [-0.05, 0) is 27.1 Å². The lowest BCUT2D eigenvalue weighted by molar-refractivity contribution is -0.142. The van der Waals surface area contributed by atoms with Gasteiger partial charge in [-0.1, -0.05) is 0 Å². The Balaban J connectivity index is 2.48. The summed E-state index contributed by atoms with van der Waals surface area (Å²) in [5.41, 5.74) is 0. The number of nitrogens with zero attached hydrogens (tertiary/aromatic N) is 2. The van der Waals surface area contributed by atoms with Crippen LogP contribution >= 0.6 is 0 Å². The number of carbonyl (C=O) groups is 2. The van der Waals surface area contributed by atoms with Crippen molar-refractivity contribution in [3.63, 3.8) is 0 Å². The van der Waals surface area contributed by atoms with Gasteiger partial charge in [0.2, 0.25) is 5.91 Å². The van der Waals surface area contributed by atoms with Crippen LogP contribution in [0, 0.1) is 5.92 Å². The average molecular weight is 243 g/mol. The lowest BCUT2D eigenvalue weighted by Crippen LogP contribution is -2.38. The van der Waals surface area contributed by atoms with Gasteiger partial charge in [-0.2, -0.15) is 0 Å². The van der Waals surface area contributed by atoms with Gasteiger partial charge in [-0.15, -0.1) is 0 Å². The second kappa shape index (κ2) is 6.56. The van der Waals surface area contributed by atoms with Crippen LogP contribution in [0.15, 0.2) is 0 Å². The van der Waals surface area contributed by atoms with Gasteiger partial charge in [0.1, 0.15) is 0 Å². The number of aliphatic carboxylic acids is 1. The van der Waals surface area contributed by atoms with Crippen molar-refractivity contribution >= 4 is 11.9 Å². The lowest BCUT2D eigenvalue weighted by Gasteiger charge is -2.23. The van der Waals surface area contributed by atoms with Crippen LogP contribution in [-0.2, 0) is 9.59 Å². The molecule has 1 fully saturated rings. The van der Waals surface area contributed by atoms with Gasteiger partial charge in [-0.3, -0.25) is 9.59 Å². The molecule has 0 aliphatic carbocycles. The first-order chi connectivity index (χ1) is 8.00. The van der Waals surface area contributed by atoms with Crippen LogP contribution < -0.4 is 5.32 Å². The molecule has 0 spiro atoms. The molecular formula is C11H21N3O3. The SMILES string of the molecule is CN(C)CCCN1CC(C(=O)O)CNCC1=O. The minimum absolute atomic E-state index is 0.00694. The summed E-state index contributed by atoms with van der Waals surface area (Å²) in [5.74, 6) is -1.35. The number of rotatable bonds is 5. The molecule has 1 amide bonds. The van der Waals surface area contributed by atoms with E-state index in [9.17, 15) is 9.59 Å². The van der Waals surface area contributed by atoms with E-state index in [1.807, 2.05) is 14.1 Å². The summed E-state index contributed by atoms with van der Waals surface area (Å²) in [4.78, 5) is 26.4. The highest BCUT2D eigenvalue weighted by Gasteiger charge is 2.26. The number of hydrogen-bond acceptors (Lipinski definition) is 4. The van der Waals surface area contributed by atoms with Gasteiger partial charge < -0.3 is 20.2 Å². The normalized spacial score (nSPS) is 21.7. The summed E-state index contributed by atoms with van der Waals surface area (Å²) in [6, 6.07) is 0. The summed E-state index contributed by atoms with van der Waals surface area (Å²) in [6.45, 7) is 2.45. The molecule has 1 rings (SSSR count). The first-order valence-corrected chi connectivity index (χ1v) is 5.86. The Kier molecular flexibility index (Phi) is 5.37. The van der Waals surface area contributed by atoms with E-state index in [1.54, 1.807) is 4.90 Å². The van der Waals surface area contributed by atoms with E-state index in [1.165, 1.54) is 0 Å². The second-order valence-electron chi connectivity index (χ2n) is 4.66. The summed E-state index contributed by atoms with van der Waals surface area (Å²) in [6.07, 6.45) is 0.866. The van der Waals surface area contributed by atoms with Crippen LogP contribution in [0.4, 0.5) is 0 Å². The molecule has 0 aromatic carbocycles. The fourth-order valence-corrected chi connectivity index (χ4v) is 1.86. The Morgan fingerprint density at radius 2 is 2.29 bits per heavy atom. The average Bonchev–Trinajstić information content (AvgIpc) is 2.41. The van der Waals surface area contributed by atoms with Gasteiger partial charge in [0.15, 0.2) is 0 Å². The predicted octanol–water partition coefficient (Wildman–Crippen LogP) is -0.929. The van der Waals surface area contributed by atoms with Crippen LogP contribution in [0.2, 0.25) is 0 Å². The molecule has 1 unspecified atom stereocenters. The Bertz CT molecular complexity index is 281. The summed E-state index contributed by atoms with van der Waals surface area (Å²) in [7, 11) is 3.96. The van der Waals surface area contributed by atoms with Crippen molar-refractivity contribution in [1.29, 1.82) is 0 Å². The number of amides is 1. The smallest absolute Gasteiger partial charge is 0.309 e. The van der Waals surface area contributed by atoms with E-state index in [0.717, 1.165) is 13.0 Å². The quantitative estimate of drug-likeness (QED) is 0.653. The monoisotopic (exact) mass is 243 g/mol. The Labute approximate surface area is 102 Å². The van der Waals surface area contributed by atoms with E-state index < -0.39 is 11.9 Å². The molecule has 1 saturated heterocycles. The first kappa shape index (κ1) is 13.9. The van der Waals surface area contributed by atoms with Gasteiger partial charge >= 0.3 is 5.97 Å². The molecule has 6 nitrogen and oxygen atoms in total. The maximum Gasteiger partial charge on any atom is 0.309 e. The predicted molar refractivity (Wildman–Crippen MR) is 63.7 cm³/mol. The molecular weight excluding hydrogens is 222 g/mol.